The molecule has 0 bridgehead atoms. The maximum Gasteiger partial charge on any atom is 0.279 e. The van der Waals surface area contributed by atoms with Crippen molar-refractivity contribution in [1.29, 1.82) is 0 Å². The molecule has 8 heteroatoms. The smallest absolute Gasteiger partial charge is 0.279 e. The molecule has 8 nitrogen and oxygen atoms in total. The summed E-state index contributed by atoms with van der Waals surface area (Å²) in [6.07, 6.45) is 0. The molecule has 0 saturated carbocycles. The van der Waals surface area contributed by atoms with Gasteiger partial charge in [0.1, 0.15) is 11.4 Å². The standard InChI is InChI=1S/C21H30N4O4/c1-8-25-19(28)15(22-12(2)21(3,4)5)16(20(25)29)23-14-11-9-10-13(17(14)26)18(27)24(6)7/h9-12,22-23,26H,8H2,1-7H3/t12-/m1/s1. The van der Waals surface area contributed by atoms with Gasteiger partial charge in [-0.05, 0) is 31.4 Å². The molecule has 0 aromatic heterocycles. The van der Waals surface area contributed by atoms with Gasteiger partial charge < -0.3 is 20.6 Å². The van der Waals surface area contributed by atoms with Crippen LogP contribution >= 0.6 is 0 Å². The molecule has 0 unspecified atom stereocenters. The van der Waals surface area contributed by atoms with Crippen molar-refractivity contribution in [3.05, 3.63) is 35.2 Å². The molecular formula is C21H30N4O4. The van der Waals surface area contributed by atoms with Gasteiger partial charge >= 0.3 is 0 Å². The first kappa shape index (κ1) is 22.3. The molecule has 3 N–H and O–H groups in total. The van der Waals surface area contributed by atoms with E-state index in [4.69, 9.17) is 0 Å². The van der Waals surface area contributed by atoms with Crippen LogP contribution in [0.2, 0.25) is 0 Å². The summed E-state index contributed by atoms with van der Waals surface area (Å²) in [5, 5.41) is 16.6. The molecule has 0 radical (unpaired) electrons. The normalized spacial score (nSPS) is 15.6. The zero-order valence-corrected chi connectivity index (χ0v) is 18.1. The fourth-order valence-corrected chi connectivity index (χ4v) is 2.74. The number of imide groups is 1. The van der Waals surface area contributed by atoms with E-state index in [1.54, 1.807) is 33.2 Å². The predicted octanol–water partition coefficient (Wildman–Crippen LogP) is 2.13. The summed E-state index contributed by atoms with van der Waals surface area (Å²) in [6.45, 7) is 9.96. The number of carbonyl (C=O) groups excluding carboxylic acids is 3. The number of likely N-dealkylation sites (N-methyl/N-ethyl adjacent to an activating group) is 1. The molecule has 29 heavy (non-hydrogen) atoms. The molecule has 1 aliphatic rings. The van der Waals surface area contributed by atoms with Gasteiger partial charge in [-0.3, -0.25) is 19.3 Å². The predicted molar refractivity (Wildman–Crippen MR) is 111 cm³/mol. The second-order valence-electron chi connectivity index (χ2n) is 8.36. The Bertz CT molecular complexity index is 868. The fourth-order valence-electron chi connectivity index (χ4n) is 2.74. The Morgan fingerprint density at radius 2 is 1.76 bits per heavy atom. The van der Waals surface area contributed by atoms with Crippen LogP contribution in [-0.2, 0) is 9.59 Å². The van der Waals surface area contributed by atoms with E-state index in [2.05, 4.69) is 10.6 Å². The number of rotatable bonds is 6. The van der Waals surface area contributed by atoms with Crippen molar-refractivity contribution in [2.75, 3.05) is 26.0 Å². The first-order valence-electron chi connectivity index (χ1n) is 9.57. The maximum atomic E-state index is 12.8. The van der Waals surface area contributed by atoms with Gasteiger partial charge in [-0.15, -0.1) is 0 Å². The van der Waals surface area contributed by atoms with Gasteiger partial charge in [-0.25, -0.2) is 0 Å². The third kappa shape index (κ3) is 4.36. The van der Waals surface area contributed by atoms with E-state index in [0.29, 0.717) is 0 Å². The minimum atomic E-state index is -0.482. The number of hydrogen-bond donors (Lipinski definition) is 3. The van der Waals surface area contributed by atoms with Crippen LogP contribution in [0.15, 0.2) is 29.6 Å². The van der Waals surface area contributed by atoms with Crippen molar-refractivity contribution in [3.63, 3.8) is 0 Å². The minimum Gasteiger partial charge on any atom is -0.505 e. The van der Waals surface area contributed by atoms with Gasteiger partial charge in [-0.2, -0.15) is 0 Å². The zero-order chi connectivity index (χ0) is 22.1. The third-order valence-corrected chi connectivity index (χ3v) is 5.08. The van der Waals surface area contributed by atoms with E-state index >= 15 is 0 Å². The largest absolute Gasteiger partial charge is 0.505 e. The van der Waals surface area contributed by atoms with E-state index < -0.39 is 11.8 Å². The second kappa shape index (κ2) is 8.14. The average molecular weight is 402 g/mol. The number of carbonyl (C=O) groups is 3. The Hall–Kier alpha value is -3.03. The highest BCUT2D eigenvalue weighted by molar-refractivity contribution is 6.20. The fraction of sp³-hybridized carbons (Fsp3) is 0.476. The molecule has 0 saturated heterocycles. The Morgan fingerprint density at radius 3 is 2.28 bits per heavy atom. The van der Waals surface area contributed by atoms with E-state index in [0.717, 1.165) is 4.90 Å². The van der Waals surface area contributed by atoms with Gasteiger partial charge in [-0.1, -0.05) is 26.8 Å². The lowest BCUT2D eigenvalue weighted by Crippen LogP contribution is -2.40. The quantitative estimate of drug-likeness (QED) is 0.498. The topological polar surface area (TPSA) is 102 Å². The number of phenolic OH excluding ortho intramolecular Hbond substituents is 1. The SMILES string of the molecule is CCN1C(=O)C(Nc2cccc(C(=O)N(C)C)c2O)=C(N[C@H](C)C(C)(C)C)C1=O. The highest BCUT2D eigenvalue weighted by Crippen LogP contribution is 2.32. The molecule has 0 aliphatic carbocycles. The number of anilines is 1. The molecule has 1 aromatic rings. The van der Waals surface area contributed by atoms with Crippen molar-refractivity contribution in [3.8, 4) is 5.75 Å². The number of amides is 3. The number of benzene rings is 1. The summed E-state index contributed by atoms with van der Waals surface area (Å²) in [5.41, 5.74) is 0.332. The van der Waals surface area contributed by atoms with Gasteiger partial charge in [0.15, 0.2) is 5.75 Å². The van der Waals surface area contributed by atoms with Crippen molar-refractivity contribution in [1.82, 2.24) is 15.1 Å². The number of nitrogens with one attached hydrogen (secondary N) is 2. The lowest BCUT2D eigenvalue weighted by molar-refractivity contribution is -0.137. The highest BCUT2D eigenvalue weighted by Gasteiger charge is 2.39. The summed E-state index contributed by atoms with van der Waals surface area (Å²) in [4.78, 5) is 40.4. The van der Waals surface area contributed by atoms with Gasteiger partial charge in [0.25, 0.3) is 17.7 Å². The van der Waals surface area contributed by atoms with E-state index in [9.17, 15) is 19.5 Å². The van der Waals surface area contributed by atoms with Crippen molar-refractivity contribution in [2.24, 2.45) is 5.41 Å². The Balaban J connectivity index is 2.49. The van der Waals surface area contributed by atoms with E-state index in [1.165, 1.54) is 11.0 Å². The number of nitrogens with zero attached hydrogens (tertiary/aromatic N) is 2. The van der Waals surface area contributed by atoms with Gasteiger partial charge in [0.05, 0.1) is 11.3 Å². The summed E-state index contributed by atoms with van der Waals surface area (Å²) >= 11 is 0. The highest BCUT2D eigenvalue weighted by atomic mass is 16.3. The van der Waals surface area contributed by atoms with Crippen LogP contribution in [-0.4, -0.2) is 59.3 Å². The zero-order valence-electron chi connectivity index (χ0n) is 18.1. The first-order valence-corrected chi connectivity index (χ1v) is 9.57. The van der Waals surface area contributed by atoms with Crippen LogP contribution in [0.25, 0.3) is 0 Å². The Morgan fingerprint density at radius 1 is 1.17 bits per heavy atom. The third-order valence-electron chi connectivity index (χ3n) is 5.08. The van der Waals surface area contributed by atoms with Gasteiger partial charge in [0, 0.05) is 26.7 Å². The molecule has 1 atom stereocenters. The van der Waals surface area contributed by atoms with Crippen LogP contribution in [0.4, 0.5) is 5.69 Å². The molecule has 1 aromatic carbocycles. The molecule has 0 spiro atoms. The number of para-hydroxylation sites is 1. The van der Waals surface area contributed by atoms with E-state index in [1.807, 2.05) is 27.7 Å². The molecule has 2 rings (SSSR count). The molecular weight excluding hydrogens is 372 g/mol. The van der Waals surface area contributed by atoms with Gasteiger partial charge in [0.2, 0.25) is 0 Å². The molecule has 1 heterocycles. The first-order chi connectivity index (χ1) is 13.4. The molecule has 1 aliphatic heterocycles. The Kier molecular flexibility index (Phi) is 6.25. The lowest BCUT2D eigenvalue weighted by Gasteiger charge is -2.29. The molecule has 3 amide bonds. The Labute approximate surface area is 171 Å². The van der Waals surface area contributed by atoms with Crippen LogP contribution in [0.3, 0.4) is 0 Å². The van der Waals surface area contributed by atoms with Crippen LogP contribution in [0.5, 0.6) is 5.75 Å². The number of phenols is 1. The monoisotopic (exact) mass is 402 g/mol. The summed E-state index contributed by atoms with van der Waals surface area (Å²) < 4.78 is 0. The second-order valence-corrected chi connectivity index (χ2v) is 8.36. The number of aromatic hydroxyl groups is 1. The molecule has 0 fully saturated rings. The lowest BCUT2D eigenvalue weighted by atomic mass is 9.88. The summed E-state index contributed by atoms with van der Waals surface area (Å²) in [5.74, 6) is -1.55. The van der Waals surface area contributed by atoms with Crippen molar-refractivity contribution in [2.45, 2.75) is 40.7 Å². The van der Waals surface area contributed by atoms with Crippen LogP contribution in [0.1, 0.15) is 45.0 Å². The van der Waals surface area contributed by atoms with Crippen LogP contribution in [0, 0.1) is 5.41 Å². The maximum absolute atomic E-state index is 12.8. The number of hydrogen-bond acceptors (Lipinski definition) is 6. The molecule has 158 valence electrons. The van der Waals surface area contributed by atoms with Crippen LogP contribution < -0.4 is 10.6 Å². The summed E-state index contributed by atoms with van der Waals surface area (Å²) in [7, 11) is 3.16. The van der Waals surface area contributed by atoms with E-state index in [-0.39, 0.29) is 52.3 Å². The van der Waals surface area contributed by atoms with Crippen molar-refractivity contribution >= 4 is 23.4 Å². The van der Waals surface area contributed by atoms with Crippen molar-refractivity contribution < 1.29 is 19.5 Å². The minimum absolute atomic E-state index is 0.0534. The average Bonchev–Trinajstić information content (AvgIpc) is 2.85. The summed E-state index contributed by atoms with van der Waals surface area (Å²) in [6, 6.07) is 4.55.